The van der Waals surface area contributed by atoms with Gasteiger partial charge in [-0.05, 0) is 24.3 Å². The maximum atomic E-state index is 11.8. The zero-order chi connectivity index (χ0) is 15.1. The van der Waals surface area contributed by atoms with Crippen molar-refractivity contribution in [2.75, 3.05) is 6.54 Å². The lowest BCUT2D eigenvalue weighted by molar-refractivity contribution is -0.120. The van der Waals surface area contributed by atoms with E-state index in [1.54, 1.807) is 36.4 Å². The van der Waals surface area contributed by atoms with E-state index < -0.39 is 11.8 Å². The lowest BCUT2D eigenvalue weighted by Gasteiger charge is -2.05. The smallest absolute Gasteiger partial charge is 0.259 e. The van der Waals surface area contributed by atoms with Crippen molar-refractivity contribution in [1.29, 1.82) is 0 Å². The van der Waals surface area contributed by atoms with Gasteiger partial charge >= 0.3 is 0 Å². The second-order valence-electron chi connectivity index (χ2n) is 3.97. The molecule has 0 aliphatic carbocycles. The first-order valence-electron chi connectivity index (χ1n) is 6.05. The van der Waals surface area contributed by atoms with Gasteiger partial charge in [-0.2, -0.15) is 5.10 Å². The van der Waals surface area contributed by atoms with Crippen molar-refractivity contribution in [2.24, 2.45) is 5.10 Å². The van der Waals surface area contributed by atoms with E-state index in [-0.39, 0.29) is 6.54 Å². The summed E-state index contributed by atoms with van der Waals surface area (Å²) in [6.07, 6.45) is 2.85. The Labute approximate surface area is 125 Å². The van der Waals surface area contributed by atoms with Crippen molar-refractivity contribution < 1.29 is 14.0 Å². The average molecular weight is 306 g/mol. The fourth-order valence-corrected chi connectivity index (χ4v) is 1.69. The first-order chi connectivity index (χ1) is 10.2. The van der Waals surface area contributed by atoms with Crippen LogP contribution in [0.2, 0.25) is 5.02 Å². The molecule has 2 aromatic rings. The van der Waals surface area contributed by atoms with Crippen LogP contribution in [0.1, 0.15) is 16.1 Å². The van der Waals surface area contributed by atoms with Crippen molar-refractivity contribution in [3.63, 3.8) is 0 Å². The number of hydrazone groups is 1. The maximum absolute atomic E-state index is 11.8. The van der Waals surface area contributed by atoms with Gasteiger partial charge in [0.1, 0.15) is 5.76 Å². The van der Waals surface area contributed by atoms with Crippen LogP contribution in [-0.2, 0) is 4.79 Å². The first kappa shape index (κ1) is 14.8. The number of benzene rings is 1. The van der Waals surface area contributed by atoms with Crippen molar-refractivity contribution in [3.05, 3.63) is 59.0 Å². The molecule has 0 atom stereocenters. The summed E-state index contributed by atoms with van der Waals surface area (Å²) in [4.78, 5) is 23.3. The summed E-state index contributed by atoms with van der Waals surface area (Å²) in [5.74, 6) is -0.376. The number of halogens is 1. The highest BCUT2D eigenvalue weighted by Gasteiger charge is 2.10. The molecule has 0 spiro atoms. The van der Waals surface area contributed by atoms with E-state index in [0.29, 0.717) is 16.3 Å². The normalized spacial score (nSPS) is 10.5. The second-order valence-corrected chi connectivity index (χ2v) is 4.38. The van der Waals surface area contributed by atoms with E-state index in [9.17, 15) is 9.59 Å². The lowest BCUT2D eigenvalue weighted by atomic mass is 10.2. The largest absolute Gasteiger partial charge is 0.463 e. The van der Waals surface area contributed by atoms with Crippen molar-refractivity contribution in [3.8, 4) is 0 Å². The number of carbonyl (C=O) groups is 2. The van der Waals surface area contributed by atoms with E-state index in [4.69, 9.17) is 16.0 Å². The van der Waals surface area contributed by atoms with Crippen LogP contribution in [0, 0.1) is 0 Å². The predicted octanol–water partition coefficient (Wildman–Crippen LogP) is 1.81. The SMILES string of the molecule is O=C(CNC(=O)c1ccccc1Cl)NN=Cc1ccco1. The van der Waals surface area contributed by atoms with E-state index in [2.05, 4.69) is 15.8 Å². The van der Waals surface area contributed by atoms with Crippen LogP contribution in [-0.4, -0.2) is 24.6 Å². The Morgan fingerprint density at radius 1 is 1.24 bits per heavy atom. The molecule has 1 heterocycles. The Morgan fingerprint density at radius 2 is 2.05 bits per heavy atom. The fraction of sp³-hybridized carbons (Fsp3) is 0.0714. The molecule has 7 heteroatoms. The Kier molecular flexibility index (Phi) is 5.11. The van der Waals surface area contributed by atoms with Crippen LogP contribution in [0.5, 0.6) is 0 Å². The molecule has 0 radical (unpaired) electrons. The number of hydrogen-bond donors (Lipinski definition) is 2. The highest BCUT2D eigenvalue weighted by atomic mass is 35.5. The Balaban J connectivity index is 1.79. The Hall–Kier alpha value is -2.60. The zero-order valence-corrected chi connectivity index (χ0v) is 11.6. The molecule has 1 aromatic carbocycles. The number of amides is 2. The fourth-order valence-electron chi connectivity index (χ4n) is 1.47. The van der Waals surface area contributed by atoms with E-state index in [1.807, 2.05) is 0 Å². The van der Waals surface area contributed by atoms with Gasteiger partial charge in [0.05, 0.1) is 29.6 Å². The van der Waals surface area contributed by atoms with Crippen LogP contribution in [0.3, 0.4) is 0 Å². The van der Waals surface area contributed by atoms with Crippen LogP contribution in [0.25, 0.3) is 0 Å². The third-order valence-electron chi connectivity index (χ3n) is 2.45. The number of nitrogens with one attached hydrogen (secondary N) is 2. The topological polar surface area (TPSA) is 83.7 Å². The number of carbonyl (C=O) groups excluding carboxylic acids is 2. The third-order valence-corrected chi connectivity index (χ3v) is 2.78. The summed E-state index contributed by atoms with van der Waals surface area (Å²) in [6, 6.07) is 9.97. The van der Waals surface area contributed by atoms with E-state index >= 15 is 0 Å². The van der Waals surface area contributed by atoms with Crippen LogP contribution < -0.4 is 10.7 Å². The van der Waals surface area contributed by atoms with Gasteiger partial charge in [0.25, 0.3) is 11.8 Å². The Bertz CT molecular complexity index is 653. The number of rotatable bonds is 5. The summed E-state index contributed by atoms with van der Waals surface area (Å²) in [6.45, 7) is -0.209. The molecule has 0 fully saturated rings. The molecule has 0 saturated heterocycles. The molecule has 0 bridgehead atoms. The van der Waals surface area contributed by atoms with Gasteiger partial charge in [0.2, 0.25) is 0 Å². The van der Waals surface area contributed by atoms with Crippen molar-refractivity contribution in [1.82, 2.24) is 10.7 Å². The minimum absolute atomic E-state index is 0.209. The molecule has 2 N–H and O–H groups in total. The molecule has 0 saturated carbocycles. The average Bonchev–Trinajstić information content (AvgIpc) is 2.98. The summed E-state index contributed by atoms with van der Waals surface area (Å²) in [5, 5.41) is 6.46. The molecule has 0 unspecified atom stereocenters. The number of nitrogens with zero attached hydrogens (tertiary/aromatic N) is 1. The molecule has 108 valence electrons. The van der Waals surface area contributed by atoms with Crippen molar-refractivity contribution >= 4 is 29.6 Å². The van der Waals surface area contributed by atoms with E-state index in [1.165, 1.54) is 12.5 Å². The summed E-state index contributed by atoms with van der Waals surface area (Å²) in [5.41, 5.74) is 2.58. The monoisotopic (exact) mass is 305 g/mol. The van der Waals surface area contributed by atoms with Crippen LogP contribution in [0.4, 0.5) is 0 Å². The number of hydrogen-bond acceptors (Lipinski definition) is 4. The van der Waals surface area contributed by atoms with Gasteiger partial charge in [0, 0.05) is 0 Å². The third kappa shape index (κ3) is 4.47. The minimum Gasteiger partial charge on any atom is -0.463 e. The van der Waals surface area contributed by atoms with Crippen LogP contribution >= 0.6 is 11.6 Å². The summed E-state index contributed by atoms with van der Waals surface area (Å²) >= 11 is 5.88. The molecule has 21 heavy (non-hydrogen) atoms. The van der Waals surface area contributed by atoms with E-state index in [0.717, 1.165) is 0 Å². The van der Waals surface area contributed by atoms with Gasteiger partial charge in [-0.1, -0.05) is 23.7 Å². The quantitative estimate of drug-likeness (QED) is 0.653. The van der Waals surface area contributed by atoms with Gasteiger partial charge in [-0.3, -0.25) is 9.59 Å². The number of furan rings is 1. The van der Waals surface area contributed by atoms with Gasteiger partial charge in [-0.15, -0.1) is 0 Å². The molecule has 0 aliphatic heterocycles. The molecule has 2 amide bonds. The highest BCUT2D eigenvalue weighted by Crippen LogP contribution is 2.14. The standard InChI is InChI=1S/C14H12ClN3O3/c15-12-6-2-1-5-11(12)14(20)16-9-13(19)18-17-8-10-4-3-7-21-10/h1-8H,9H2,(H,16,20)(H,18,19). The Morgan fingerprint density at radius 3 is 2.76 bits per heavy atom. The predicted molar refractivity (Wildman–Crippen MR) is 78.2 cm³/mol. The molecule has 2 rings (SSSR count). The van der Waals surface area contributed by atoms with Gasteiger partial charge < -0.3 is 9.73 Å². The first-order valence-corrected chi connectivity index (χ1v) is 6.43. The minimum atomic E-state index is -0.460. The summed E-state index contributed by atoms with van der Waals surface area (Å²) in [7, 11) is 0. The van der Waals surface area contributed by atoms with Crippen LogP contribution in [0.15, 0.2) is 52.2 Å². The zero-order valence-electron chi connectivity index (χ0n) is 10.9. The lowest BCUT2D eigenvalue weighted by Crippen LogP contribution is -2.35. The highest BCUT2D eigenvalue weighted by molar-refractivity contribution is 6.33. The maximum Gasteiger partial charge on any atom is 0.259 e. The molecule has 6 nitrogen and oxygen atoms in total. The molecule has 1 aromatic heterocycles. The summed E-state index contributed by atoms with van der Waals surface area (Å²) < 4.78 is 5.00. The van der Waals surface area contributed by atoms with Crippen molar-refractivity contribution in [2.45, 2.75) is 0 Å². The van der Waals surface area contributed by atoms with Gasteiger partial charge in [-0.25, -0.2) is 5.43 Å². The molecule has 0 aliphatic rings. The molecular formula is C14H12ClN3O3. The second kappa shape index (κ2) is 7.25. The molecular weight excluding hydrogens is 294 g/mol. The van der Waals surface area contributed by atoms with Gasteiger partial charge in [0.15, 0.2) is 0 Å².